The van der Waals surface area contributed by atoms with Gasteiger partial charge in [0.25, 0.3) is 0 Å². The van der Waals surface area contributed by atoms with Gasteiger partial charge in [-0.15, -0.1) is 0 Å². The van der Waals surface area contributed by atoms with Crippen molar-refractivity contribution in [2.45, 2.75) is 0 Å². The molecule has 0 atom stereocenters. The summed E-state index contributed by atoms with van der Waals surface area (Å²) in [4.78, 5) is 9.92. The minimum Gasteiger partial charge on any atom is -0.481 e. The van der Waals surface area contributed by atoms with Gasteiger partial charge in [-0.2, -0.15) is 4.98 Å². The summed E-state index contributed by atoms with van der Waals surface area (Å²) in [5.74, 6) is 0.439. The van der Waals surface area contributed by atoms with Crippen LogP contribution in [-0.2, 0) is 0 Å². The van der Waals surface area contributed by atoms with Crippen molar-refractivity contribution in [1.82, 2.24) is 9.97 Å². The molecule has 0 bridgehead atoms. The summed E-state index contributed by atoms with van der Waals surface area (Å²) in [6, 6.07) is 1.57. The lowest BCUT2D eigenvalue weighted by Gasteiger charge is -1.95. The van der Waals surface area contributed by atoms with E-state index in [1.807, 2.05) is 0 Å². The zero-order valence-corrected chi connectivity index (χ0v) is 5.80. The molecule has 0 unspecified atom stereocenters. The Morgan fingerprint density at radius 3 is 3.18 bits per heavy atom. The molecule has 1 rings (SSSR count). The lowest BCUT2D eigenvalue weighted by molar-refractivity contribution is 0.397. The second-order valence-electron chi connectivity index (χ2n) is 1.59. The first-order valence-electron chi connectivity index (χ1n) is 2.79. The molecule has 0 aliphatic rings. The zero-order valence-electron chi connectivity index (χ0n) is 5.80. The highest BCUT2D eigenvalue weighted by atomic mass is 16.5. The largest absolute Gasteiger partial charge is 0.481 e. The van der Waals surface area contributed by atoms with Gasteiger partial charge < -0.3 is 4.74 Å². The Kier molecular flexibility index (Phi) is 2.24. The van der Waals surface area contributed by atoms with Crippen LogP contribution in [0.5, 0.6) is 5.88 Å². The van der Waals surface area contributed by atoms with Crippen LogP contribution in [0, 0.1) is 0 Å². The third-order valence-electron chi connectivity index (χ3n) is 0.961. The van der Waals surface area contributed by atoms with Crippen molar-refractivity contribution < 1.29 is 4.74 Å². The van der Waals surface area contributed by atoms with Crippen molar-refractivity contribution >= 4 is 5.95 Å². The molecule has 11 heavy (non-hydrogen) atoms. The molecule has 0 saturated carbocycles. The summed E-state index contributed by atoms with van der Waals surface area (Å²) < 4.78 is 4.77. The fourth-order valence-electron chi connectivity index (χ4n) is 0.534. The van der Waals surface area contributed by atoms with E-state index in [4.69, 9.17) is 10.3 Å². The maximum atomic E-state index is 8.02. The van der Waals surface area contributed by atoms with Gasteiger partial charge >= 0.3 is 0 Å². The smallest absolute Gasteiger partial charge is 0.219 e. The van der Waals surface area contributed by atoms with Crippen LogP contribution < -0.4 is 4.74 Å². The first-order chi connectivity index (χ1) is 5.36. The Hall–Kier alpha value is -1.81. The first kappa shape index (κ1) is 7.30. The van der Waals surface area contributed by atoms with E-state index in [2.05, 4.69) is 20.0 Å². The van der Waals surface area contributed by atoms with Crippen molar-refractivity contribution in [2.75, 3.05) is 7.11 Å². The average Bonchev–Trinajstić information content (AvgIpc) is 2.06. The fourth-order valence-corrected chi connectivity index (χ4v) is 0.534. The molecule has 0 N–H and O–H groups in total. The van der Waals surface area contributed by atoms with Crippen LogP contribution in [0.15, 0.2) is 17.4 Å². The van der Waals surface area contributed by atoms with E-state index < -0.39 is 0 Å². The van der Waals surface area contributed by atoms with E-state index in [9.17, 15) is 0 Å². The monoisotopic (exact) mass is 151 g/mol. The molecule has 0 radical (unpaired) electrons. The van der Waals surface area contributed by atoms with Crippen molar-refractivity contribution in [3.8, 4) is 5.88 Å². The van der Waals surface area contributed by atoms with E-state index >= 15 is 0 Å². The Balaban J connectivity index is 3.00. The van der Waals surface area contributed by atoms with Crippen LogP contribution in [0.2, 0.25) is 0 Å². The molecule has 0 saturated heterocycles. The average molecular weight is 151 g/mol. The van der Waals surface area contributed by atoms with Gasteiger partial charge in [-0.25, -0.2) is 4.98 Å². The lowest BCUT2D eigenvalue weighted by Crippen LogP contribution is -1.87. The molecule has 0 aliphatic carbocycles. The summed E-state index contributed by atoms with van der Waals surface area (Å²) in [5.41, 5.74) is 8.02. The highest BCUT2D eigenvalue weighted by molar-refractivity contribution is 5.19. The number of methoxy groups -OCH3 is 1. The molecule has 56 valence electrons. The molecule has 1 heterocycles. The Labute approximate surface area is 62.5 Å². The lowest BCUT2D eigenvalue weighted by atomic mass is 10.6. The summed E-state index contributed by atoms with van der Waals surface area (Å²) in [6.45, 7) is 0. The van der Waals surface area contributed by atoms with Crippen molar-refractivity contribution in [2.24, 2.45) is 5.11 Å². The van der Waals surface area contributed by atoms with Gasteiger partial charge in [-0.3, -0.25) is 0 Å². The second kappa shape index (κ2) is 3.38. The van der Waals surface area contributed by atoms with Gasteiger partial charge in [0.05, 0.1) is 7.11 Å². The number of ether oxygens (including phenoxy) is 1. The summed E-state index contributed by atoms with van der Waals surface area (Å²) in [6.07, 6.45) is 1.45. The molecular formula is C5H5N5O. The van der Waals surface area contributed by atoms with Crippen molar-refractivity contribution in [3.63, 3.8) is 0 Å². The maximum Gasteiger partial charge on any atom is 0.219 e. The topological polar surface area (TPSA) is 83.8 Å². The summed E-state index contributed by atoms with van der Waals surface area (Å²) in [5, 5.41) is 3.19. The van der Waals surface area contributed by atoms with Crippen molar-refractivity contribution in [3.05, 3.63) is 22.7 Å². The van der Waals surface area contributed by atoms with E-state index in [0.29, 0.717) is 5.88 Å². The quantitative estimate of drug-likeness (QED) is 0.364. The third kappa shape index (κ3) is 1.80. The minimum absolute atomic E-state index is 0.0619. The van der Waals surface area contributed by atoms with Gasteiger partial charge in [-0.05, 0) is 10.6 Å². The Morgan fingerprint density at radius 2 is 2.55 bits per heavy atom. The zero-order chi connectivity index (χ0) is 8.10. The minimum atomic E-state index is 0.0619. The number of rotatable bonds is 2. The maximum absolute atomic E-state index is 8.02. The number of azide groups is 1. The fraction of sp³-hybridized carbons (Fsp3) is 0.200. The van der Waals surface area contributed by atoms with Crippen LogP contribution in [0.3, 0.4) is 0 Å². The van der Waals surface area contributed by atoms with Gasteiger partial charge in [0.2, 0.25) is 11.8 Å². The van der Waals surface area contributed by atoms with Crippen LogP contribution in [0.1, 0.15) is 0 Å². The van der Waals surface area contributed by atoms with Gasteiger partial charge in [0.15, 0.2) is 0 Å². The molecule has 0 fully saturated rings. The van der Waals surface area contributed by atoms with E-state index in [1.165, 1.54) is 13.3 Å². The highest BCUT2D eigenvalue weighted by Gasteiger charge is 1.93. The van der Waals surface area contributed by atoms with E-state index in [1.54, 1.807) is 6.07 Å². The van der Waals surface area contributed by atoms with Crippen LogP contribution in [-0.4, -0.2) is 17.1 Å². The molecule has 0 spiro atoms. The molecule has 1 aromatic heterocycles. The SMILES string of the molecule is COc1ccnc(N=[N+]=[N-])n1. The first-order valence-corrected chi connectivity index (χ1v) is 2.79. The van der Waals surface area contributed by atoms with Gasteiger partial charge in [0, 0.05) is 17.2 Å². The molecule has 0 aromatic carbocycles. The van der Waals surface area contributed by atoms with Crippen molar-refractivity contribution in [1.29, 1.82) is 0 Å². The van der Waals surface area contributed by atoms with E-state index in [0.717, 1.165) is 0 Å². The van der Waals surface area contributed by atoms with Gasteiger partial charge in [-0.1, -0.05) is 0 Å². The number of nitrogens with zero attached hydrogens (tertiary/aromatic N) is 5. The second-order valence-corrected chi connectivity index (χ2v) is 1.59. The summed E-state index contributed by atoms with van der Waals surface area (Å²) in [7, 11) is 1.47. The number of hydrogen-bond acceptors (Lipinski definition) is 4. The van der Waals surface area contributed by atoms with Crippen LogP contribution in [0.25, 0.3) is 10.4 Å². The standard InChI is InChI=1S/C5H5N5O/c1-11-4-2-3-7-5(8-4)9-10-6/h2-3H,1H3. The van der Waals surface area contributed by atoms with Crippen LogP contribution >= 0.6 is 0 Å². The molecule has 0 aliphatic heterocycles. The molecule has 6 heteroatoms. The highest BCUT2D eigenvalue weighted by Crippen LogP contribution is 2.09. The normalized spacial score (nSPS) is 8.45. The van der Waals surface area contributed by atoms with E-state index in [-0.39, 0.29) is 5.95 Å². The summed E-state index contributed by atoms with van der Waals surface area (Å²) >= 11 is 0. The number of aromatic nitrogens is 2. The predicted molar refractivity (Wildman–Crippen MR) is 37.4 cm³/mol. The molecule has 6 nitrogen and oxygen atoms in total. The number of hydrogen-bond donors (Lipinski definition) is 0. The third-order valence-corrected chi connectivity index (χ3v) is 0.961. The predicted octanol–water partition coefficient (Wildman–Crippen LogP) is 1.43. The Morgan fingerprint density at radius 1 is 1.73 bits per heavy atom. The van der Waals surface area contributed by atoms with Crippen LogP contribution in [0.4, 0.5) is 5.95 Å². The Bertz CT molecular complexity index is 293. The van der Waals surface area contributed by atoms with Gasteiger partial charge in [0.1, 0.15) is 0 Å². The molecule has 1 aromatic rings. The molecule has 0 amide bonds. The molecular weight excluding hydrogens is 146 g/mol.